The van der Waals surface area contributed by atoms with E-state index in [1.165, 1.54) is 11.3 Å². The highest BCUT2D eigenvalue weighted by molar-refractivity contribution is 9.10. The highest BCUT2D eigenvalue weighted by Gasteiger charge is 2.10. The van der Waals surface area contributed by atoms with Crippen LogP contribution >= 0.6 is 27.3 Å². The van der Waals surface area contributed by atoms with Crippen molar-refractivity contribution < 1.29 is 4.79 Å². The third-order valence-corrected chi connectivity index (χ3v) is 3.42. The molecule has 17 heavy (non-hydrogen) atoms. The number of thiazole rings is 1. The van der Waals surface area contributed by atoms with E-state index in [0.29, 0.717) is 17.8 Å². The van der Waals surface area contributed by atoms with Crippen molar-refractivity contribution in [3.63, 3.8) is 0 Å². The van der Waals surface area contributed by atoms with E-state index in [2.05, 4.69) is 26.2 Å². The Balaban J connectivity index is 2.07. The fourth-order valence-corrected chi connectivity index (χ4v) is 2.23. The lowest BCUT2D eigenvalue weighted by Crippen LogP contribution is -2.23. The number of amides is 1. The van der Waals surface area contributed by atoms with Gasteiger partial charge in [-0.05, 0) is 18.2 Å². The normalized spacial score (nSPS) is 10.2. The molecule has 6 heteroatoms. The zero-order valence-corrected chi connectivity index (χ0v) is 11.2. The second-order valence-corrected chi connectivity index (χ2v) is 5.23. The predicted molar refractivity (Wildman–Crippen MR) is 71.8 cm³/mol. The number of halogens is 1. The lowest BCUT2D eigenvalue weighted by molar-refractivity contribution is 0.0951. The van der Waals surface area contributed by atoms with Crippen LogP contribution in [0.15, 0.2) is 34.2 Å². The summed E-state index contributed by atoms with van der Waals surface area (Å²) in [6, 6.07) is 5.20. The zero-order chi connectivity index (χ0) is 12.3. The largest absolute Gasteiger partial charge is 0.398 e. The van der Waals surface area contributed by atoms with Crippen molar-refractivity contribution in [2.45, 2.75) is 6.54 Å². The fraction of sp³-hybridized carbons (Fsp3) is 0.0909. The topological polar surface area (TPSA) is 68.0 Å². The van der Waals surface area contributed by atoms with Crippen LogP contribution in [0.25, 0.3) is 0 Å². The number of aromatic nitrogens is 1. The van der Waals surface area contributed by atoms with Gasteiger partial charge in [0, 0.05) is 21.7 Å². The van der Waals surface area contributed by atoms with E-state index in [4.69, 9.17) is 5.73 Å². The van der Waals surface area contributed by atoms with E-state index >= 15 is 0 Å². The summed E-state index contributed by atoms with van der Waals surface area (Å²) in [7, 11) is 0. The molecule has 0 saturated heterocycles. The maximum absolute atomic E-state index is 11.9. The molecule has 0 saturated carbocycles. The first-order valence-corrected chi connectivity index (χ1v) is 6.55. The number of nitrogens with zero attached hydrogens (tertiary/aromatic N) is 1. The molecule has 1 heterocycles. The molecule has 1 aromatic heterocycles. The molecular formula is C11H10BrN3OS. The number of nitrogens with two attached hydrogens (primary N) is 1. The van der Waals surface area contributed by atoms with Gasteiger partial charge in [0.15, 0.2) is 0 Å². The van der Waals surface area contributed by atoms with Gasteiger partial charge in [0.1, 0.15) is 5.01 Å². The highest BCUT2D eigenvalue weighted by atomic mass is 79.9. The van der Waals surface area contributed by atoms with Crippen molar-refractivity contribution in [2.24, 2.45) is 0 Å². The van der Waals surface area contributed by atoms with Gasteiger partial charge in [0.25, 0.3) is 5.91 Å². The molecule has 2 rings (SSSR count). The first kappa shape index (κ1) is 12.1. The maximum atomic E-state index is 11.9. The van der Waals surface area contributed by atoms with Crippen LogP contribution in [0, 0.1) is 0 Å². The van der Waals surface area contributed by atoms with Crippen molar-refractivity contribution >= 4 is 38.9 Å². The Morgan fingerprint density at radius 3 is 3.06 bits per heavy atom. The first-order valence-electron chi connectivity index (χ1n) is 4.88. The van der Waals surface area contributed by atoms with Crippen molar-refractivity contribution in [1.29, 1.82) is 0 Å². The number of carbonyl (C=O) groups excluding carboxylic acids is 1. The van der Waals surface area contributed by atoms with Gasteiger partial charge in [-0.15, -0.1) is 11.3 Å². The van der Waals surface area contributed by atoms with Crippen molar-refractivity contribution in [3.8, 4) is 0 Å². The molecule has 0 radical (unpaired) electrons. The summed E-state index contributed by atoms with van der Waals surface area (Å²) >= 11 is 4.81. The van der Waals surface area contributed by atoms with Gasteiger partial charge in [0.05, 0.1) is 12.1 Å². The molecule has 0 atom stereocenters. The first-order chi connectivity index (χ1) is 8.16. The van der Waals surface area contributed by atoms with E-state index in [9.17, 15) is 4.79 Å². The second-order valence-electron chi connectivity index (χ2n) is 3.34. The average molecular weight is 312 g/mol. The summed E-state index contributed by atoms with van der Waals surface area (Å²) < 4.78 is 0.825. The Kier molecular flexibility index (Phi) is 3.75. The predicted octanol–water partition coefficient (Wildman–Crippen LogP) is 2.42. The van der Waals surface area contributed by atoms with Crippen LogP contribution < -0.4 is 11.1 Å². The molecule has 0 fully saturated rings. The van der Waals surface area contributed by atoms with Crippen LogP contribution in [0.3, 0.4) is 0 Å². The smallest absolute Gasteiger partial charge is 0.253 e. The Labute approximate surface area is 111 Å². The summed E-state index contributed by atoms with van der Waals surface area (Å²) in [4.78, 5) is 16.0. The maximum Gasteiger partial charge on any atom is 0.253 e. The van der Waals surface area contributed by atoms with Gasteiger partial charge in [-0.2, -0.15) is 0 Å². The Morgan fingerprint density at radius 1 is 1.53 bits per heavy atom. The van der Waals surface area contributed by atoms with E-state index in [1.807, 2.05) is 5.38 Å². The highest BCUT2D eigenvalue weighted by Crippen LogP contribution is 2.18. The molecule has 2 aromatic rings. The third kappa shape index (κ3) is 3.04. The third-order valence-electron chi connectivity index (χ3n) is 2.14. The van der Waals surface area contributed by atoms with Gasteiger partial charge >= 0.3 is 0 Å². The molecule has 0 unspecified atom stereocenters. The number of hydrogen-bond acceptors (Lipinski definition) is 4. The van der Waals surface area contributed by atoms with E-state index in [0.717, 1.165) is 9.48 Å². The number of carbonyl (C=O) groups is 1. The lowest BCUT2D eigenvalue weighted by Gasteiger charge is -2.06. The van der Waals surface area contributed by atoms with Crippen LogP contribution in [-0.2, 0) is 6.54 Å². The summed E-state index contributed by atoms with van der Waals surface area (Å²) in [5.74, 6) is -0.195. The van der Waals surface area contributed by atoms with Gasteiger partial charge < -0.3 is 11.1 Å². The lowest BCUT2D eigenvalue weighted by atomic mass is 10.1. The average Bonchev–Trinajstić information content (AvgIpc) is 2.82. The van der Waals surface area contributed by atoms with Gasteiger partial charge in [0.2, 0.25) is 0 Å². The van der Waals surface area contributed by atoms with Crippen molar-refractivity contribution in [3.05, 3.63) is 44.8 Å². The van der Waals surface area contributed by atoms with Crippen molar-refractivity contribution in [1.82, 2.24) is 10.3 Å². The number of nitrogens with one attached hydrogen (secondary N) is 1. The minimum Gasteiger partial charge on any atom is -0.398 e. The van der Waals surface area contributed by atoms with Crippen molar-refractivity contribution in [2.75, 3.05) is 5.73 Å². The van der Waals surface area contributed by atoms with Gasteiger partial charge in [-0.1, -0.05) is 15.9 Å². The van der Waals surface area contributed by atoms with Crippen LogP contribution in [-0.4, -0.2) is 10.9 Å². The number of rotatable bonds is 3. The Bertz CT molecular complexity index is 528. The van der Waals surface area contributed by atoms with Crippen LogP contribution in [0.2, 0.25) is 0 Å². The molecule has 1 amide bonds. The number of anilines is 1. The minimum atomic E-state index is -0.195. The van der Waals surface area contributed by atoms with Gasteiger partial charge in [-0.3, -0.25) is 4.79 Å². The molecule has 3 N–H and O–H groups in total. The quantitative estimate of drug-likeness (QED) is 0.855. The summed E-state index contributed by atoms with van der Waals surface area (Å²) in [5.41, 5.74) is 6.68. The summed E-state index contributed by atoms with van der Waals surface area (Å²) in [6.45, 7) is 0.419. The molecule has 88 valence electrons. The molecular weight excluding hydrogens is 302 g/mol. The molecule has 0 spiro atoms. The number of nitrogen functional groups attached to an aromatic ring is 1. The number of hydrogen-bond donors (Lipinski definition) is 2. The standard InChI is InChI=1S/C11H10BrN3OS/c12-7-1-2-9(13)8(5-7)11(16)15-6-10-14-3-4-17-10/h1-5H,6,13H2,(H,15,16). The Hall–Kier alpha value is -1.40. The minimum absolute atomic E-state index is 0.195. The van der Waals surface area contributed by atoms with E-state index < -0.39 is 0 Å². The summed E-state index contributed by atoms with van der Waals surface area (Å²) in [6.07, 6.45) is 1.71. The second kappa shape index (κ2) is 5.29. The SMILES string of the molecule is Nc1ccc(Br)cc1C(=O)NCc1nccs1. The van der Waals surface area contributed by atoms with Crippen LogP contribution in [0.5, 0.6) is 0 Å². The van der Waals surface area contributed by atoms with E-state index in [-0.39, 0.29) is 5.91 Å². The fourth-order valence-electron chi connectivity index (χ4n) is 1.32. The van der Waals surface area contributed by atoms with Gasteiger partial charge in [-0.25, -0.2) is 4.98 Å². The van der Waals surface area contributed by atoms with E-state index in [1.54, 1.807) is 24.4 Å². The molecule has 0 aliphatic heterocycles. The number of benzene rings is 1. The monoisotopic (exact) mass is 311 g/mol. The van der Waals surface area contributed by atoms with Crippen LogP contribution in [0.4, 0.5) is 5.69 Å². The molecule has 1 aromatic carbocycles. The molecule has 0 bridgehead atoms. The van der Waals surface area contributed by atoms with Crippen LogP contribution in [0.1, 0.15) is 15.4 Å². The zero-order valence-electron chi connectivity index (χ0n) is 8.81. The summed E-state index contributed by atoms with van der Waals surface area (Å²) in [5, 5.41) is 5.52. The molecule has 0 aliphatic rings. The molecule has 0 aliphatic carbocycles. The Morgan fingerprint density at radius 2 is 2.35 bits per heavy atom. The molecule has 4 nitrogen and oxygen atoms in total.